The molecule has 2 unspecified atom stereocenters. The molecule has 0 aliphatic heterocycles. The number of hydrogen-bond donors (Lipinski definition) is 1. The quantitative estimate of drug-likeness (QED) is 0.716. The molecule has 2 aliphatic carbocycles. The van der Waals surface area contributed by atoms with Crippen molar-refractivity contribution in [1.82, 2.24) is 0 Å². The second kappa shape index (κ2) is 3.75. The van der Waals surface area contributed by atoms with Crippen molar-refractivity contribution in [2.45, 2.75) is 44.9 Å². The van der Waals surface area contributed by atoms with E-state index in [1.54, 1.807) is 11.6 Å². The zero-order chi connectivity index (χ0) is 13.0. The molecule has 98 valence electrons. The van der Waals surface area contributed by atoms with E-state index >= 15 is 0 Å². The lowest BCUT2D eigenvalue weighted by atomic mass is 9.66. The van der Waals surface area contributed by atoms with Crippen LogP contribution in [0.5, 0.6) is 5.75 Å². The van der Waals surface area contributed by atoms with E-state index in [-0.39, 0.29) is 0 Å². The molecule has 0 spiro atoms. The fourth-order valence-corrected chi connectivity index (χ4v) is 4.47. The average molecular weight is 252 g/mol. The van der Waals surface area contributed by atoms with Crippen LogP contribution in [-0.4, -0.2) is 5.11 Å². The molecule has 0 bridgehead atoms. The van der Waals surface area contributed by atoms with E-state index in [0.717, 1.165) is 5.92 Å². The van der Waals surface area contributed by atoms with Crippen LogP contribution in [0.3, 0.4) is 0 Å². The molecule has 1 saturated carbocycles. The Morgan fingerprint density at radius 1 is 1.16 bits per heavy atom. The monoisotopic (exact) mass is 252 g/mol. The molecule has 1 N–H and O–H groups in total. The number of aryl methyl sites for hydroxylation is 1. The Labute approximate surface area is 114 Å². The Balaban J connectivity index is 1.97. The summed E-state index contributed by atoms with van der Waals surface area (Å²) in [5.74, 6) is 1.13. The maximum Gasteiger partial charge on any atom is 0.116 e. The largest absolute Gasteiger partial charge is 0.508 e. The molecule has 0 saturated heterocycles. The fourth-order valence-electron chi connectivity index (χ4n) is 4.47. The van der Waals surface area contributed by atoms with Gasteiger partial charge in [-0.2, -0.15) is 0 Å². The number of fused-ring (bicyclic) bond motifs is 5. The highest BCUT2D eigenvalue weighted by atomic mass is 16.3. The standard InChI is InChI=1S/C18H20O/c1-18-9-2-3-17(18)15-7-5-12-4-6-13(19)11-16(12)14(15)8-10-18/h4-7,11,17,19H,2-3,8-10H2,1H3. The molecule has 1 heteroatoms. The predicted molar refractivity (Wildman–Crippen MR) is 78.6 cm³/mol. The molecular formula is C18H20O. The van der Waals surface area contributed by atoms with Crippen molar-refractivity contribution in [3.05, 3.63) is 41.5 Å². The molecule has 0 radical (unpaired) electrons. The van der Waals surface area contributed by atoms with Gasteiger partial charge in [-0.1, -0.05) is 31.5 Å². The third kappa shape index (κ3) is 1.54. The van der Waals surface area contributed by atoms with Gasteiger partial charge < -0.3 is 5.11 Å². The van der Waals surface area contributed by atoms with Crippen LogP contribution in [0.15, 0.2) is 30.3 Å². The van der Waals surface area contributed by atoms with Crippen LogP contribution in [0, 0.1) is 5.41 Å². The van der Waals surface area contributed by atoms with E-state index in [4.69, 9.17) is 0 Å². The minimum atomic E-state index is 0.389. The van der Waals surface area contributed by atoms with Gasteiger partial charge >= 0.3 is 0 Å². The number of rotatable bonds is 0. The van der Waals surface area contributed by atoms with Gasteiger partial charge in [-0.25, -0.2) is 0 Å². The minimum absolute atomic E-state index is 0.389. The van der Waals surface area contributed by atoms with Crippen LogP contribution in [0.2, 0.25) is 0 Å². The lowest BCUT2D eigenvalue weighted by molar-refractivity contribution is 0.253. The van der Waals surface area contributed by atoms with Crippen LogP contribution < -0.4 is 0 Å². The normalized spacial score (nSPS) is 29.2. The number of phenols is 1. The molecule has 2 atom stereocenters. The summed E-state index contributed by atoms with van der Waals surface area (Å²) in [7, 11) is 0. The van der Waals surface area contributed by atoms with Crippen LogP contribution >= 0.6 is 0 Å². The van der Waals surface area contributed by atoms with Crippen molar-refractivity contribution in [1.29, 1.82) is 0 Å². The highest BCUT2D eigenvalue weighted by Crippen LogP contribution is 2.56. The van der Waals surface area contributed by atoms with E-state index in [0.29, 0.717) is 11.2 Å². The second-order valence-electron chi connectivity index (χ2n) is 6.64. The topological polar surface area (TPSA) is 20.2 Å². The van der Waals surface area contributed by atoms with E-state index in [1.165, 1.54) is 48.4 Å². The Kier molecular flexibility index (Phi) is 2.24. The maximum absolute atomic E-state index is 9.77. The molecule has 2 aliphatic rings. The van der Waals surface area contributed by atoms with Crippen molar-refractivity contribution in [2.24, 2.45) is 5.41 Å². The van der Waals surface area contributed by atoms with Gasteiger partial charge in [0.25, 0.3) is 0 Å². The molecule has 19 heavy (non-hydrogen) atoms. The maximum atomic E-state index is 9.77. The first-order chi connectivity index (χ1) is 9.17. The van der Waals surface area contributed by atoms with Gasteiger partial charge in [0.05, 0.1) is 0 Å². The highest BCUT2D eigenvalue weighted by Gasteiger charge is 2.42. The minimum Gasteiger partial charge on any atom is -0.508 e. The van der Waals surface area contributed by atoms with Gasteiger partial charge in [-0.05, 0) is 71.0 Å². The lowest BCUT2D eigenvalue weighted by Crippen LogP contribution is -2.26. The van der Waals surface area contributed by atoms with Crippen molar-refractivity contribution >= 4 is 10.8 Å². The third-order valence-electron chi connectivity index (χ3n) is 5.56. The summed E-state index contributed by atoms with van der Waals surface area (Å²) < 4.78 is 0. The van der Waals surface area contributed by atoms with E-state index in [9.17, 15) is 5.11 Å². The van der Waals surface area contributed by atoms with Gasteiger partial charge in [0.2, 0.25) is 0 Å². The zero-order valence-corrected chi connectivity index (χ0v) is 11.4. The van der Waals surface area contributed by atoms with Crippen LogP contribution in [0.1, 0.15) is 49.7 Å². The second-order valence-corrected chi connectivity index (χ2v) is 6.64. The SMILES string of the molecule is CC12CCCC1c1ccc3ccc(O)cc3c1CC2. The van der Waals surface area contributed by atoms with Gasteiger partial charge in [-0.3, -0.25) is 0 Å². The van der Waals surface area contributed by atoms with Crippen molar-refractivity contribution in [3.8, 4) is 5.75 Å². The van der Waals surface area contributed by atoms with Gasteiger partial charge in [-0.15, -0.1) is 0 Å². The first-order valence-corrected chi connectivity index (χ1v) is 7.42. The molecule has 2 aromatic rings. The first-order valence-electron chi connectivity index (χ1n) is 7.42. The molecular weight excluding hydrogens is 232 g/mol. The Bertz CT molecular complexity index is 658. The van der Waals surface area contributed by atoms with Crippen LogP contribution in [-0.2, 0) is 6.42 Å². The Hall–Kier alpha value is -1.50. The van der Waals surface area contributed by atoms with Crippen molar-refractivity contribution in [3.63, 3.8) is 0 Å². The number of aromatic hydroxyl groups is 1. The molecule has 2 aromatic carbocycles. The highest BCUT2D eigenvalue weighted by molar-refractivity contribution is 5.88. The van der Waals surface area contributed by atoms with Crippen LogP contribution in [0.4, 0.5) is 0 Å². The molecule has 1 fully saturated rings. The number of phenolic OH excluding ortho intramolecular Hbond substituents is 1. The Morgan fingerprint density at radius 2 is 2.00 bits per heavy atom. The summed E-state index contributed by atoms with van der Waals surface area (Å²) in [6.45, 7) is 2.47. The molecule has 4 rings (SSSR count). The van der Waals surface area contributed by atoms with Gasteiger partial charge in [0, 0.05) is 0 Å². The smallest absolute Gasteiger partial charge is 0.116 e. The summed E-state index contributed by atoms with van der Waals surface area (Å²) in [6, 6.07) is 10.4. The molecule has 0 aromatic heterocycles. The zero-order valence-electron chi connectivity index (χ0n) is 11.4. The Morgan fingerprint density at radius 3 is 2.89 bits per heavy atom. The summed E-state index contributed by atoms with van der Waals surface area (Å²) in [5, 5.41) is 12.3. The van der Waals surface area contributed by atoms with Gasteiger partial charge in [0.1, 0.15) is 5.75 Å². The fraction of sp³-hybridized carbons (Fsp3) is 0.444. The third-order valence-corrected chi connectivity index (χ3v) is 5.56. The first kappa shape index (κ1) is 11.3. The summed E-state index contributed by atoms with van der Waals surface area (Å²) in [5.41, 5.74) is 3.58. The van der Waals surface area contributed by atoms with Crippen LogP contribution in [0.25, 0.3) is 10.8 Å². The molecule has 0 amide bonds. The number of benzene rings is 2. The van der Waals surface area contributed by atoms with E-state index in [2.05, 4.69) is 19.1 Å². The van der Waals surface area contributed by atoms with E-state index in [1.807, 2.05) is 12.1 Å². The van der Waals surface area contributed by atoms with Crippen molar-refractivity contribution < 1.29 is 5.11 Å². The summed E-state index contributed by atoms with van der Waals surface area (Å²) in [6.07, 6.45) is 6.57. The summed E-state index contributed by atoms with van der Waals surface area (Å²) in [4.78, 5) is 0. The molecule has 0 heterocycles. The molecule has 1 nitrogen and oxygen atoms in total. The van der Waals surface area contributed by atoms with Gasteiger partial charge in [0.15, 0.2) is 0 Å². The summed E-state index contributed by atoms with van der Waals surface area (Å²) >= 11 is 0. The number of hydrogen-bond acceptors (Lipinski definition) is 1. The predicted octanol–water partition coefficient (Wildman–Crippen LogP) is 4.77. The average Bonchev–Trinajstić information content (AvgIpc) is 2.80. The lowest BCUT2D eigenvalue weighted by Gasteiger charge is -2.38. The van der Waals surface area contributed by atoms with Crippen molar-refractivity contribution in [2.75, 3.05) is 0 Å². The van der Waals surface area contributed by atoms with E-state index < -0.39 is 0 Å².